The Balaban J connectivity index is 2.20. The molecule has 3 nitrogen and oxygen atoms in total. The van der Waals surface area contributed by atoms with Crippen molar-refractivity contribution in [3.05, 3.63) is 29.6 Å². The van der Waals surface area contributed by atoms with Crippen LogP contribution in [0.25, 0.3) is 0 Å². The summed E-state index contributed by atoms with van der Waals surface area (Å²) in [6.07, 6.45) is 0.610. The minimum Gasteiger partial charge on any atom is -0.386 e. The van der Waals surface area contributed by atoms with Crippen LogP contribution in [0.2, 0.25) is 0 Å². The van der Waals surface area contributed by atoms with Gasteiger partial charge in [0, 0.05) is 18.7 Å². The summed E-state index contributed by atoms with van der Waals surface area (Å²) in [6.45, 7) is 2.55. The third-order valence-electron chi connectivity index (χ3n) is 2.51. The molecule has 4 heteroatoms. The number of rotatable bonds is 2. The molecule has 1 aromatic rings. The number of nitrogens with zero attached hydrogens (tertiary/aromatic N) is 1. The predicted molar refractivity (Wildman–Crippen MR) is 54.6 cm³/mol. The highest BCUT2D eigenvalue weighted by Gasteiger charge is 2.37. The molecule has 1 saturated heterocycles. The highest BCUT2D eigenvalue weighted by atomic mass is 19.1. The van der Waals surface area contributed by atoms with Gasteiger partial charge in [-0.3, -0.25) is 4.79 Å². The maximum atomic E-state index is 13.5. The zero-order chi connectivity index (χ0) is 11.1. The number of anilines is 1. The van der Waals surface area contributed by atoms with Crippen molar-refractivity contribution in [1.82, 2.24) is 0 Å². The molecular formula is C11H12FNO2. The topological polar surface area (TPSA) is 40.5 Å². The van der Waals surface area contributed by atoms with Gasteiger partial charge >= 0.3 is 0 Å². The van der Waals surface area contributed by atoms with Gasteiger partial charge in [-0.25, -0.2) is 4.39 Å². The number of hydrogen-bond acceptors (Lipinski definition) is 3. The summed E-state index contributed by atoms with van der Waals surface area (Å²) in [5, 5.41) is 9.52. The van der Waals surface area contributed by atoms with Crippen molar-refractivity contribution in [1.29, 1.82) is 0 Å². The Hall–Kier alpha value is -1.42. The maximum Gasteiger partial charge on any atom is 0.150 e. The fraction of sp³-hybridized carbons (Fsp3) is 0.364. The summed E-state index contributed by atoms with van der Waals surface area (Å²) in [5.41, 5.74) is 0.0335. The van der Waals surface area contributed by atoms with Crippen molar-refractivity contribution in [2.75, 3.05) is 18.0 Å². The van der Waals surface area contributed by atoms with Crippen LogP contribution in [0.4, 0.5) is 10.1 Å². The van der Waals surface area contributed by atoms with Gasteiger partial charge in [0.2, 0.25) is 0 Å². The number of β-amino-alcohol motifs (C(OH)–C–C–N with tert-alkyl or cyclic N) is 1. The summed E-state index contributed by atoms with van der Waals surface area (Å²) in [5.74, 6) is -0.421. The number of aliphatic hydroxyl groups is 1. The van der Waals surface area contributed by atoms with Gasteiger partial charge in [-0.15, -0.1) is 0 Å². The van der Waals surface area contributed by atoms with Crippen LogP contribution in [0.1, 0.15) is 17.3 Å². The van der Waals surface area contributed by atoms with Crippen LogP contribution >= 0.6 is 0 Å². The van der Waals surface area contributed by atoms with Gasteiger partial charge in [-0.05, 0) is 25.1 Å². The van der Waals surface area contributed by atoms with E-state index in [1.807, 2.05) is 0 Å². The highest BCUT2D eigenvalue weighted by molar-refractivity contribution is 5.76. The number of halogens is 1. The average molecular weight is 209 g/mol. The van der Waals surface area contributed by atoms with Crippen molar-refractivity contribution in [2.24, 2.45) is 0 Å². The van der Waals surface area contributed by atoms with Crippen LogP contribution < -0.4 is 4.90 Å². The molecule has 0 radical (unpaired) electrons. The van der Waals surface area contributed by atoms with Crippen LogP contribution in [-0.2, 0) is 0 Å². The molecule has 1 aromatic carbocycles. The van der Waals surface area contributed by atoms with E-state index in [1.54, 1.807) is 24.0 Å². The number of hydrogen-bond donors (Lipinski definition) is 1. The molecule has 1 heterocycles. The van der Waals surface area contributed by atoms with Gasteiger partial charge < -0.3 is 10.0 Å². The van der Waals surface area contributed by atoms with E-state index >= 15 is 0 Å². The Morgan fingerprint density at radius 3 is 2.67 bits per heavy atom. The summed E-state index contributed by atoms with van der Waals surface area (Å²) in [6, 6.07) is 4.34. The van der Waals surface area contributed by atoms with Gasteiger partial charge in [-0.2, -0.15) is 0 Å². The number of benzene rings is 1. The summed E-state index contributed by atoms with van der Waals surface area (Å²) in [7, 11) is 0. The van der Waals surface area contributed by atoms with Crippen LogP contribution in [0.3, 0.4) is 0 Å². The van der Waals surface area contributed by atoms with Gasteiger partial charge in [0.05, 0.1) is 11.3 Å². The molecule has 1 aliphatic rings. The number of carbonyl (C=O) groups is 1. The second-order valence-electron chi connectivity index (χ2n) is 4.18. The van der Waals surface area contributed by atoms with Gasteiger partial charge in [0.25, 0.3) is 0 Å². The second kappa shape index (κ2) is 3.31. The molecule has 0 saturated carbocycles. The Labute approximate surface area is 87.1 Å². The molecule has 0 bridgehead atoms. The van der Waals surface area contributed by atoms with Crippen molar-refractivity contribution in [2.45, 2.75) is 12.5 Å². The Morgan fingerprint density at radius 2 is 2.20 bits per heavy atom. The molecule has 1 aliphatic heterocycles. The zero-order valence-corrected chi connectivity index (χ0v) is 8.40. The van der Waals surface area contributed by atoms with Gasteiger partial charge in [0.15, 0.2) is 0 Å². The van der Waals surface area contributed by atoms with Crippen molar-refractivity contribution in [3.63, 3.8) is 0 Å². The lowest BCUT2D eigenvalue weighted by atomic mass is 9.96. The molecule has 80 valence electrons. The standard InChI is InChI=1S/C11H12FNO2/c1-11(15)6-13(7-11)10-3-2-8(5-14)4-9(10)12/h2-5,15H,6-7H2,1H3. The molecule has 0 amide bonds. The van der Waals surface area contributed by atoms with Crippen LogP contribution in [-0.4, -0.2) is 30.1 Å². The molecule has 1 fully saturated rings. The van der Waals surface area contributed by atoms with E-state index in [9.17, 15) is 14.3 Å². The van der Waals surface area contributed by atoms with Gasteiger partial charge in [-0.1, -0.05) is 0 Å². The normalized spacial score (nSPS) is 18.5. The molecule has 0 aromatic heterocycles. The Kier molecular flexibility index (Phi) is 2.23. The largest absolute Gasteiger partial charge is 0.386 e. The molecule has 2 rings (SSSR count). The van der Waals surface area contributed by atoms with Crippen LogP contribution in [0.15, 0.2) is 18.2 Å². The number of carbonyl (C=O) groups excluding carboxylic acids is 1. The fourth-order valence-corrected chi connectivity index (χ4v) is 1.80. The first kappa shape index (κ1) is 10.1. The lowest BCUT2D eigenvalue weighted by Gasteiger charge is -2.45. The smallest absolute Gasteiger partial charge is 0.150 e. The van der Waals surface area contributed by atoms with Crippen molar-refractivity contribution in [3.8, 4) is 0 Å². The fourth-order valence-electron chi connectivity index (χ4n) is 1.80. The minimum atomic E-state index is -0.726. The molecule has 1 N–H and O–H groups in total. The monoisotopic (exact) mass is 209 g/mol. The highest BCUT2D eigenvalue weighted by Crippen LogP contribution is 2.29. The quantitative estimate of drug-likeness (QED) is 0.744. The van der Waals surface area contributed by atoms with E-state index in [-0.39, 0.29) is 0 Å². The van der Waals surface area contributed by atoms with Gasteiger partial charge in [0.1, 0.15) is 12.1 Å². The van der Waals surface area contributed by atoms with Crippen LogP contribution in [0, 0.1) is 5.82 Å². The minimum absolute atomic E-state index is 0.323. The maximum absolute atomic E-state index is 13.5. The number of aldehydes is 1. The second-order valence-corrected chi connectivity index (χ2v) is 4.18. The lowest BCUT2D eigenvalue weighted by molar-refractivity contribution is 0.0306. The Morgan fingerprint density at radius 1 is 1.53 bits per heavy atom. The Bertz CT molecular complexity index is 396. The van der Waals surface area contributed by atoms with E-state index in [1.165, 1.54) is 6.07 Å². The SMILES string of the molecule is CC1(O)CN(c2ccc(C=O)cc2F)C1. The first-order chi connectivity index (χ1) is 7.02. The lowest BCUT2D eigenvalue weighted by Crippen LogP contribution is -2.60. The van der Waals surface area contributed by atoms with Crippen molar-refractivity contribution >= 4 is 12.0 Å². The van der Waals surface area contributed by atoms with E-state index in [2.05, 4.69) is 0 Å². The van der Waals surface area contributed by atoms with Crippen LogP contribution in [0.5, 0.6) is 0 Å². The average Bonchev–Trinajstić information content (AvgIpc) is 2.14. The molecular weight excluding hydrogens is 197 g/mol. The van der Waals surface area contributed by atoms with Crippen molar-refractivity contribution < 1.29 is 14.3 Å². The molecule has 0 unspecified atom stereocenters. The zero-order valence-electron chi connectivity index (χ0n) is 8.40. The molecule has 15 heavy (non-hydrogen) atoms. The summed E-state index contributed by atoms with van der Waals surface area (Å²) >= 11 is 0. The third-order valence-corrected chi connectivity index (χ3v) is 2.51. The first-order valence-electron chi connectivity index (χ1n) is 4.74. The van der Waals surface area contributed by atoms with E-state index in [0.29, 0.717) is 30.6 Å². The third kappa shape index (κ3) is 1.85. The predicted octanol–water partition coefficient (Wildman–Crippen LogP) is 1.21. The van der Waals surface area contributed by atoms with E-state index in [4.69, 9.17) is 0 Å². The molecule has 0 spiro atoms. The molecule has 0 atom stereocenters. The summed E-state index contributed by atoms with van der Waals surface area (Å²) in [4.78, 5) is 12.1. The summed E-state index contributed by atoms with van der Waals surface area (Å²) < 4.78 is 13.5. The van der Waals surface area contributed by atoms with E-state index in [0.717, 1.165) is 0 Å². The molecule has 0 aliphatic carbocycles. The van der Waals surface area contributed by atoms with E-state index < -0.39 is 11.4 Å². The first-order valence-corrected chi connectivity index (χ1v) is 4.74.